The molecule has 0 radical (unpaired) electrons. The highest BCUT2D eigenvalue weighted by Gasteiger charge is 2.09. The van der Waals surface area contributed by atoms with Crippen LogP contribution in [-0.4, -0.2) is 15.6 Å². The van der Waals surface area contributed by atoms with Crippen molar-refractivity contribution in [1.82, 2.24) is 9.55 Å². The summed E-state index contributed by atoms with van der Waals surface area (Å²) in [7, 11) is 0. The van der Waals surface area contributed by atoms with Crippen LogP contribution < -0.4 is 10.1 Å². The second kappa shape index (κ2) is 7.27. The minimum absolute atomic E-state index is 0.0423. The van der Waals surface area contributed by atoms with Gasteiger partial charge in [0, 0.05) is 11.9 Å². The topological polar surface area (TPSA) is 75.2 Å². The Bertz CT molecular complexity index is 944. The van der Waals surface area contributed by atoms with E-state index in [0.29, 0.717) is 17.1 Å². The van der Waals surface area contributed by atoms with Crippen LogP contribution in [0.25, 0.3) is 5.69 Å². The normalized spacial score (nSPS) is 11.0. The minimum Gasteiger partial charge on any atom is -0.425 e. The summed E-state index contributed by atoms with van der Waals surface area (Å²) in [4.78, 5) is 7.66. The average molecular weight is 335 g/mol. The van der Waals surface area contributed by atoms with E-state index in [4.69, 9.17) is 10.00 Å². The maximum atomic E-state index is 14.4. The van der Waals surface area contributed by atoms with Crippen LogP contribution in [0.1, 0.15) is 5.69 Å². The lowest BCUT2D eigenvalue weighted by atomic mass is 10.2. The molecule has 7 heteroatoms. The zero-order valence-electron chi connectivity index (χ0n) is 13.3. The van der Waals surface area contributed by atoms with Gasteiger partial charge in [0.25, 0.3) is 0 Å². The highest BCUT2D eigenvalue weighted by atomic mass is 19.1. The lowest BCUT2D eigenvalue weighted by molar-refractivity contribution is 0.549. The van der Waals surface area contributed by atoms with Crippen molar-refractivity contribution in [2.75, 3.05) is 5.32 Å². The number of aliphatic imine (C=N–C) groups is 1. The molecule has 0 amide bonds. The third kappa shape index (κ3) is 4.00. The molecule has 0 unspecified atom stereocenters. The maximum absolute atomic E-state index is 14.4. The number of hydrogen-bond donors (Lipinski definition) is 1. The molecule has 25 heavy (non-hydrogen) atoms. The number of para-hydroxylation sites is 1. The van der Waals surface area contributed by atoms with Gasteiger partial charge < -0.3 is 14.6 Å². The van der Waals surface area contributed by atoms with Gasteiger partial charge in [-0.3, -0.25) is 0 Å². The van der Waals surface area contributed by atoms with Gasteiger partial charge >= 0.3 is 6.02 Å². The van der Waals surface area contributed by atoms with Crippen molar-refractivity contribution in [1.29, 1.82) is 5.26 Å². The molecule has 3 rings (SSSR count). The van der Waals surface area contributed by atoms with Crippen LogP contribution in [0.3, 0.4) is 0 Å². The Kier molecular flexibility index (Phi) is 4.72. The van der Waals surface area contributed by atoms with Crippen LogP contribution in [0.2, 0.25) is 0 Å². The van der Waals surface area contributed by atoms with E-state index < -0.39 is 5.82 Å². The zero-order valence-corrected chi connectivity index (χ0v) is 13.3. The molecule has 0 saturated carbocycles. The number of nitriles is 1. The molecule has 0 bridgehead atoms. The number of hydrogen-bond acceptors (Lipinski definition) is 4. The molecule has 1 N–H and O–H groups in total. The number of anilines is 1. The van der Waals surface area contributed by atoms with Crippen molar-refractivity contribution in [3.8, 4) is 17.6 Å². The van der Waals surface area contributed by atoms with Crippen LogP contribution in [0.5, 0.6) is 5.75 Å². The summed E-state index contributed by atoms with van der Waals surface area (Å²) in [6.45, 7) is 1.83. The van der Waals surface area contributed by atoms with Gasteiger partial charge in [0.15, 0.2) is 0 Å². The number of aryl methyl sites for hydroxylation is 1. The monoisotopic (exact) mass is 335 g/mol. The van der Waals surface area contributed by atoms with Crippen molar-refractivity contribution < 1.29 is 9.13 Å². The molecule has 0 spiro atoms. The van der Waals surface area contributed by atoms with Crippen LogP contribution in [0, 0.1) is 24.2 Å². The van der Waals surface area contributed by atoms with E-state index in [2.05, 4.69) is 15.3 Å². The molecule has 124 valence electrons. The van der Waals surface area contributed by atoms with Crippen LogP contribution in [0.4, 0.5) is 10.1 Å². The van der Waals surface area contributed by atoms with Gasteiger partial charge in [-0.1, -0.05) is 18.2 Å². The number of amidine groups is 1. The lowest BCUT2D eigenvalue weighted by Gasteiger charge is -2.11. The predicted molar refractivity (Wildman–Crippen MR) is 92.0 cm³/mol. The first-order valence-electron chi connectivity index (χ1n) is 7.43. The highest BCUT2D eigenvalue weighted by molar-refractivity contribution is 5.91. The fourth-order valence-corrected chi connectivity index (χ4v) is 2.19. The first kappa shape index (κ1) is 16.2. The maximum Gasteiger partial charge on any atom is 0.310 e. The number of benzene rings is 2. The number of rotatable bonds is 3. The molecule has 2 aromatic carbocycles. The van der Waals surface area contributed by atoms with Crippen molar-refractivity contribution in [2.24, 2.45) is 4.99 Å². The number of ether oxygens (including phenoxy) is 1. The standard InChI is InChI=1S/C18H14FN5O/c1-13-10-24(12-22-13)17-8-7-14(9-16(17)19)23-18(21-11-20)25-15-5-3-2-4-6-15/h2-10,12H,1H3,(H,21,23). The lowest BCUT2D eigenvalue weighted by Crippen LogP contribution is -2.19. The Labute approximate surface area is 143 Å². The van der Waals surface area contributed by atoms with Gasteiger partial charge in [-0.25, -0.2) is 9.37 Å². The molecule has 1 heterocycles. The molecular formula is C18H14FN5O. The summed E-state index contributed by atoms with van der Waals surface area (Å²) in [6.07, 6.45) is 4.93. The van der Waals surface area contributed by atoms with Gasteiger partial charge in [0.1, 0.15) is 11.6 Å². The Balaban J connectivity index is 1.80. The number of halogens is 1. The van der Waals surface area contributed by atoms with Crippen molar-refractivity contribution in [3.05, 3.63) is 72.6 Å². The fraction of sp³-hybridized carbons (Fsp3) is 0.0556. The second-order valence-corrected chi connectivity index (χ2v) is 5.15. The molecule has 0 fully saturated rings. The van der Waals surface area contributed by atoms with Crippen molar-refractivity contribution >= 4 is 11.7 Å². The SMILES string of the molecule is Cc1cn(-c2ccc(N/C(=N/C#N)Oc3ccccc3)cc2F)cn1. The molecule has 0 aliphatic carbocycles. The predicted octanol–water partition coefficient (Wildman–Crippen LogP) is 3.65. The summed E-state index contributed by atoms with van der Waals surface area (Å²) < 4.78 is 21.5. The van der Waals surface area contributed by atoms with E-state index in [1.54, 1.807) is 59.7 Å². The minimum atomic E-state index is -0.446. The summed E-state index contributed by atoms with van der Waals surface area (Å²) in [5.41, 5.74) is 1.57. The molecule has 1 aromatic heterocycles. The zero-order chi connectivity index (χ0) is 17.6. The summed E-state index contributed by atoms with van der Waals surface area (Å²) in [5, 5.41) is 11.6. The summed E-state index contributed by atoms with van der Waals surface area (Å²) in [6, 6.07) is 13.4. The first-order chi connectivity index (χ1) is 12.2. The van der Waals surface area contributed by atoms with Crippen molar-refractivity contribution in [2.45, 2.75) is 6.92 Å². The number of nitrogens with zero attached hydrogens (tertiary/aromatic N) is 4. The quantitative estimate of drug-likeness (QED) is 0.450. The van der Waals surface area contributed by atoms with E-state index in [1.165, 1.54) is 6.07 Å². The Morgan fingerprint density at radius 2 is 2.08 bits per heavy atom. The molecule has 3 aromatic rings. The van der Waals surface area contributed by atoms with Gasteiger partial charge in [-0.15, -0.1) is 4.99 Å². The first-order valence-corrected chi connectivity index (χ1v) is 7.43. The van der Waals surface area contributed by atoms with Gasteiger partial charge in [-0.2, -0.15) is 5.26 Å². The molecule has 6 nitrogen and oxygen atoms in total. The van der Waals surface area contributed by atoms with Gasteiger partial charge in [-0.05, 0) is 37.3 Å². The summed E-state index contributed by atoms with van der Waals surface area (Å²) in [5.74, 6) is 0.0633. The third-order valence-corrected chi connectivity index (χ3v) is 3.30. The molecular weight excluding hydrogens is 321 g/mol. The van der Waals surface area contributed by atoms with Crippen molar-refractivity contribution in [3.63, 3.8) is 0 Å². The molecule has 0 aliphatic rings. The van der Waals surface area contributed by atoms with E-state index >= 15 is 0 Å². The average Bonchev–Trinajstić information content (AvgIpc) is 3.02. The number of imidazole rings is 1. The Morgan fingerprint density at radius 3 is 2.72 bits per heavy atom. The van der Waals surface area contributed by atoms with Crippen LogP contribution >= 0.6 is 0 Å². The van der Waals surface area contributed by atoms with Crippen LogP contribution in [-0.2, 0) is 0 Å². The molecule has 0 saturated heterocycles. The molecule has 0 atom stereocenters. The number of aromatic nitrogens is 2. The van der Waals surface area contributed by atoms with E-state index in [9.17, 15) is 4.39 Å². The van der Waals surface area contributed by atoms with Gasteiger partial charge in [0.2, 0.25) is 6.19 Å². The molecule has 0 aliphatic heterocycles. The van der Waals surface area contributed by atoms with Crippen LogP contribution in [0.15, 0.2) is 66.0 Å². The van der Waals surface area contributed by atoms with E-state index in [-0.39, 0.29) is 6.02 Å². The third-order valence-electron chi connectivity index (χ3n) is 3.30. The fourth-order valence-electron chi connectivity index (χ4n) is 2.19. The van der Waals surface area contributed by atoms with E-state index in [1.807, 2.05) is 13.0 Å². The smallest absolute Gasteiger partial charge is 0.310 e. The van der Waals surface area contributed by atoms with Gasteiger partial charge in [0.05, 0.1) is 17.7 Å². The van der Waals surface area contributed by atoms with E-state index in [0.717, 1.165) is 5.69 Å². The largest absolute Gasteiger partial charge is 0.425 e. The number of nitrogens with one attached hydrogen (secondary N) is 1. The Morgan fingerprint density at radius 1 is 1.28 bits per heavy atom. The highest BCUT2D eigenvalue weighted by Crippen LogP contribution is 2.19. The summed E-state index contributed by atoms with van der Waals surface area (Å²) >= 11 is 0. The second-order valence-electron chi connectivity index (χ2n) is 5.15. The Hall–Kier alpha value is -3.66.